The van der Waals surface area contributed by atoms with Gasteiger partial charge in [-0.05, 0) is 53.2 Å². The first-order valence-electron chi connectivity index (χ1n) is 8.07. The standard InChI is InChI=1S/C19H22BrN3O2/c1-5-23(16-10-9-14(20)12-21-16)17(24)13-7-6-8-15(11-13)22-18(25)19(2,3)4/h6-12H,5H2,1-4H3,(H,22,25). The van der Waals surface area contributed by atoms with E-state index in [1.165, 1.54) is 0 Å². The summed E-state index contributed by atoms with van der Waals surface area (Å²) in [6, 6.07) is 10.6. The van der Waals surface area contributed by atoms with Gasteiger partial charge in [0, 0.05) is 33.9 Å². The Hall–Kier alpha value is -2.21. The lowest BCUT2D eigenvalue weighted by molar-refractivity contribution is -0.123. The average Bonchev–Trinajstić information content (AvgIpc) is 2.56. The van der Waals surface area contributed by atoms with E-state index in [0.29, 0.717) is 23.6 Å². The van der Waals surface area contributed by atoms with E-state index >= 15 is 0 Å². The van der Waals surface area contributed by atoms with Gasteiger partial charge in [-0.15, -0.1) is 0 Å². The van der Waals surface area contributed by atoms with Crippen molar-refractivity contribution in [3.63, 3.8) is 0 Å². The van der Waals surface area contributed by atoms with E-state index in [2.05, 4.69) is 26.2 Å². The maximum atomic E-state index is 12.9. The Morgan fingerprint density at radius 1 is 1.20 bits per heavy atom. The lowest BCUT2D eigenvalue weighted by Gasteiger charge is -2.21. The molecule has 0 saturated heterocycles. The highest BCUT2D eigenvalue weighted by Gasteiger charge is 2.22. The fourth-order valence-corrected chi connectivity index (χ4v) is 2.38. The highest BCUT2D eigenvalue weighted by Crippen LogP contribution is 2.21. The smallest absolute Gasteiger partial charge is 0.259 e. The number of aromatic nitrogens is 1. The molecule has 0 aliphatic heterocycles. The number of benzene rings is 1. The van der Waals surface area contributed by atoms with Gasteiger partial charge in [-0.25, -0.2) is 4.98 Å². The van der Waals surface area contributed by atoms with Crippen molar-refractivity contribution >= 4 is 39.2 Å². The van der Waals surface area contributed by atoms with E-state index in [-0.39, 0.29) is 11.8 Å². The molecule has 0 saturated carbocycles. The molecule has 0 fully saturated rings. The van der Waals surface area contributed by atoms with Crippen molar-refractivity contribution in [3.05, 3.63) is 52.6 Å². The molecule has 1 N–H and O–H groups in total. The number of nitrogens with one attached hydrogen (secondary N) is 1. The van der Waals surface area contributed by atoms with Gasteiger partial charge in [0.1, 0.15) is 5.82 Å². The molecule has 0 radical (unpaired) electrons. The maximum Gasteiger partial charge on any atom is 0.259 e. The molecule has 2 aromatic rings. The van der Waals surface area contributed by atoms with Crippen molar-refractivity contribution in [2.45, 2.75) is 27.7 Å². The first kappa shape index (κ1) is 19.1. The second-order valence-electron chi connectivity index (χ2n) is 6.67. The summed E-state index contributed by atoms with van der Waals surface area (Å²) in [7, 11) is 0. The largest absolute Gasteiger partial charge is 0.326 e. The molecular formula is C19H22BrN3O2. The lowest BCUT2D eigenvalue weighted by Crippen LogP contribution is -2.31. The van der Waals surface area contributed by atoms with E-state index in [0.717, 1.165) is 4.47 Å². The number of carbonyl (C=O) groups is 2. The van der Waals surface area contributed by atoms with Gasteiger partial charge in [-0.3, -0.25) is 14.5 Å². The summed E-state index contributed by atoms with van der Waals surface area (Å²) < 4.78 is 0.853. The SMILES string of the molecule is CCN(C(=O)c1cccc(NC(=O)C(C)(C)C)c1)c1ccc(Br)cn1. The van der Waals surface area contributed by atoms with Crippen LogP contribution in [0.5, 0.6) is 0 Å². The van der Waals surface area contributed by atoms with Crippen LogP contribution in [0.1, 0.15) is 38.1 Å². The van der Waals surface area contributed by atoms with Gasteiger partial charge in [0.05, 0.1) is 0 Å². The van der Waals surface area contributed by atoms with Gasteiger partial charge in [0.15, 0.2) is 0 Å². The van der Waals surface area contributed by atoms with E-state index in [1.54, 1.807) is 41.4 Å². The van der Waals surface area contributed by atoms with Gasteiger partial charge in [-0.1, -0.05) is 26.8 Å². The molecule has 132 valence electrons. The number of hydrogen-bond acceptors (Lipinski definition) is 3. The van der Waals surface area contributed by atoms with Gasteiger partial charge in [0.25, 0.3) is 5.91 Å². The number of carbonyl (C=O) groups excluding carboxylic acids is 2. The highest BCUT2D eigenvalue weighted by molar-refractivity contribution is 9.10. The number of hydrogen-bond donors (Lipinski definition) is 1. The predicted octanol–water partition coefficient (Wildman–Crippen LogP) is 4.50. The number of rotatable bonds is 4. The Bertz CT molecular complexity index is 767. The molecule has 5 nitrogen and oxygen atoms in total. The summed E-state index contributed by atoms with van der Waals surface area (Å²) in [6.45, 7) is 7.92. The third-order valence-corrected chi connectivity index (χ3v) is 4.07. The molecule has 0 unspecified atom stereocenters. The van der Waals surface area contributed by atoms with E-state index in [4.69, 9.17) is 0 Å². The van der Waals surface area contributed by atoms with Crippen molar-refractivity contribution < 1.29 is 9.59 Å². The van der Waals surface area contributed by atoms with Crippen molar-refractivity contribution in [2.24, 2.45) is 5.41 Å². The summed E-state index contributed by atoms with van der Waals surface area (Å²) in [5.74, 6) is 0.322. The number of amides is 2. The minimum Gasteiger partial charge on any atom is -0.326 e. The number of pyridine rings is 1. The van der Waals surface area contributed by atoms with E-state index in [9.17, 15) is 9.59 Å². The van der Waals surface area contributed by atoms with Crippen LogP contribution in [0.2, 0.25) is 0 Å². The first-order valence-corrected chi connectivity index (χ1v) is 8.86. The average molecular weight is 404 g/mol. The summed E-state index contributed by atoms with van der Waals surface area (Å²) >= 11 is 3.34. The molecule has 1 heterocycles. The van der Waals surface area contributed by atoms with Crippen LogP contribution in [-0.2, 0) is 4.79 Å². The van der Waals surface area contributed by atoms with Crippen LogP contribution in [0.4, 0.5) is 11.5 Å². The van der Waals surface area contributed by atoms with Crippen LogP contribution in [0.25, 0.3) is 0 Å². The van der Waals surface area contributed by atoms with Gasteiger partial charge in [-0.2, -0.15) is 0 Å². The molecule has 6 heteroatoms. The molecule has 0 aliphatic carbocycles. The Labute approximate surface area is 156 Å². The predicted molar refractivity (Wildman–Crippen MR) is 104 cm³/mol. The number of halogens is 1. The molecule has 0 atom stereocenters. The van der Waals surface area contributed by atoms with Crippen LogP contribution in [-0.4, -0.2) is 23.3 Å². The van der Waals surface area contributed by atoms with Crippen molar-refractivity contribution in [1.29, 1.82) is 0 Å². The van der Waals surface area contributed by atoms with Crippen LogP contribution < -0.4 is 10.2 Å². The zero-order chi connectivity index (χ0) is 18.6. The third kappa shape index (κ3) is 4.89. The number of nitrogens with zero attached hydrogens (tertiary/aromatic N) is 2. The Morgan fingerprint density at radius 2 is 1.92 bits per heavy atom. The molecular weight excluding hydrogens is 382 g/mol. The van der Waals surface area contributed by atoms with Gasteiger partial charge in [0.2, 0.25) is 5.91 Å². The second-order valence-corrected chi connectivity index (χ2v) is 7.58. The van der Waals surface area contributed by atoms with Crippen LogP contribution in [0.3, 0.4) is 0 Å². The van der Waals surface area contributed by atoms with Crippen LogP contribution >= 0.6 is 15.9 Å². The Kier molecular flexibility index (Phi) is 5.95. The minimum atomic E-state index is -0.503. The molecule has 1 aromatic carbocycles. The maximum absolute atomic E-state index is 12.9. The fraction of sp³-hybridized carbons (Fsp3) is 0.316. The Balaban J connectivity index is 2.25. The van der Waals surface area contributed by atoms with Gasteiger partial charge >= 0.3 is 0 Å². The zero-order valence-electron chi connectivity index (χ0n) is 14.8. The van der Waals surface area contributed by atoms with Crippen LogP contribution in [0, 0.1) is 5.41 Å². The van der Waals surface area contributed by atoms with Crippen LogP contribution in [0.15, 0.2) is 47.1 Å². The van der Waals surface area contributed by atoms with Crippen molar-refractivity contribution in [2.75, 3.05) is 16.8 Å². The third-order valence-electron chi connectivity index (χ3n) is 3.60. The van der Waals surface area contributed by atoms with Gasteiger partial charge < -0.3 is 5.32 Å². The monoisotopic (exact) mass is 403 g/mol. The summed E-state index contributed by atoms with van der Waals surface area (Å²) in [4.78, 5) is 30.9. The minimum absolute atomic E-state index is 0.0981. The number of anilines is 2. The Morgan fingerprint density at radius 3 is 2.48 bits per heavy atom. The molecule has 1 aromatic heterocycles. The fourth-order valence-electron chi connectivity index (χ4n) is 2.14. The zero-order valence-corrected chi connectivity index (χ0v) is 16.4. The summed E-state index contributed by atoms with van der Waals surface area (Å²) in [6.07, 6.45) is 1.66. The molecule has 25 heavy (non-hydrogen) atoms. The molecule has 0 bridgehead atoms. The van der Waals surface area contributed by atoms with Crippen molar-refractivity contribution in [1.82, 2.24) is 4.98 Å². The first-order chi connectivity index (χ1) is 11.7. The van der Waals surface area contributed by atoms with E-state index in [1.807, 2.05) is 33.8 Å². The molecule has 2 amide bonds. The molecule has 2 rings (SSSR count). The lowest BCUT2D eigenvalue weighted by atomic mass is 9.95. The normalized spacial score (nSPS) is 11.1. The molecule has 0 aliphatic rings. The quantitative estimate of drug-likeness (QED) is 0.817. The topological polar surface area (TPSA) is 62.3 Å². The van der Waals surface area contributed by atoms with E-state index < -0.39 is 5.41 Å². The summed E-state index contributed by atoms with van der Waals surface area (Å²) in [5.41, 5.74) is 0.598. The summed E-state index contributed by atoms with van der Waals surface area (Å²) in [5, 5.41) is 2.85. The molecule has 0 spiro atoms. The second kappa shape index (κ2) is 7.78. The van der Waals surface area contributed by atoms with Crippen molar-refractivity contribution in [3.8, 4) is 0 Å². The highest BCUT2D eigenvalue weighted by atomic mass is 79.9.